The number of nitrogens with zero attached hydrogens (tertiary/aromatic N) is 2. The van der Waals surface area contributed by atoms with Crippen LogP contribution in [0.4, 0.5) is 0 Å². The molecule has 0 amide bonds. The fourth-order valence-electron chi connectivity index (χ4n) is 4.76. The number of ether oxygens (including phenoxy) is 2. The van der Waals surface area contributed by atoms with Crippen LogP contribution in [0, 0.1) is 0 Å². The van der Waals surface area contributed by atoms with Crippen LogP contribution < -0.4 is 24.4 Å². The molecule has 4 aromatic rings. The van der Waals surface area contributed by atoms with E-state index in [1.165, 1.54) is 25.4 Å². The van der Waals surface area contributed by atoms with Gasteiger partial charge in [0.05, 0.1) is 29.3 Å². The van der Waals surface area contributed by atoms with Crippen molar-refractivity contribution in [1.82, 2.24) is 4.57 Å². The van der Waals surface area contributed by atoms with Crippen molar-refractivity contribution in [2.45, 2.75) is 19.9 Å². The van der Waals surface area contributed by atoms with Crippen LogP contribution in [-0.4, -0.2) is 29.7 Å². The molecular weight excluding hydrogens is 556 g/mol. The van der Waals surface area contributed by atoms with Crippen molar-refractivity contribution in [3.63, 3.8) is 0 Å². The summed E-state index contributed by atoms with van der Waals surface area (Å²) >= 11 is 4.57. The first-order chi connectivity index (χ1) is 17.7. The Hall–Kier alpha value is -3.69. The molecule has 0 bridgehead atoms. The molecule has 1 atom stereocenters. The summed E-state index contributed by atoms with van der Waals surface area (Å²) in [6.07, 6.45) is 1.72. The second-order valence-corrected chi connectivity index (χ2v) is 10.5. The monoisotopic (exact) mass is 578 g/mol. The third-order valence-electron chi connectivity index (χ3n) is 6.39. The highest BCUT2D eigenvalue weighted by molar-refractivity contribution is 9.10. The molecule has 2 heterocycles. The zero-order valence-electron chi connectivity index (χ0n) is 20.5. The number of hydrogen-bond acceptors (Lipinski definition) is 7. The molecule has 0 saturated heterocycles. The first-order valence-electron chi connectivity index (χ1n) is 11.4. The van der Waals surface area contributed by atoms with Crippen LogP contribution in [0.3, 0.4) is 0 Å². The summed E-state index contributed by atoms with van der Waals surface area (Å²) in [7, 11) is 3.04. The third-order valence-corrected chi connectivity index (χ3v) is 7.98. The smallest absolute Gasteiger partial charge is 0.271 e. The zero-order valence-corrected chi connectivity index (χ0v) is 22.9. The number of rotatable bonds is 5. The van der Waals surface area contributed by atoms with E-state index in [1.54, 1.807) is 36.8 Å². The number of thiazole rings is 1. The summed E-state index contributed by atoms with van der Waals surface area (Å²) in [5.41, 5.74) is 2.13. The van der Waals surface area contributed by atoms with Gasteiger partial charge in [0.2, 0.25) is 0 Å². The number of carbonyl (C=O) groups is 1. The van der Waals surface area contributed by atoms with Gasteiger partial charge in [-0.3, -0.25) is 14.2 Å². The van der Waals surface area contributed by atoms with Crippen LogP contribution in [0.15, 0.2) is 74.1 Å². The average Bonchev–Trinajstić information content (AvgIpc) is 3.18. The van der Waals surface area contributed by atoms with E-state index in [4.69, 9.17) is 9.47 Å². The molecule has 1 aromatic heterocycles. The molecular formula is C28H23BrN2O5S. The van der Waals surface area contributed by atoms with Gasteiger partial charge in [0.1, 0.15) is 5.75 Å². The first kappa shape index (κ1) is 25.0. The summed E-state index contributed by atoms with van der Waals surface area (Å²) < 4.78 is 13.5. The lowest BCUT2D eigenvalue weighted by Crippen LogP contribution is -2.39. The number of Topliss-reactive ketones (excluding diaryl/α,β-unsaturated/α-hetero) is 1. The number of benzene rings is 3. The number of phenolic OH excluding ortho intramolecular Hbond substituents is 1. The van der Waals surface area contributed by atoms with E-state index < -0.39 is 6.04 Å². The van der Waals surface area contributed by atoms with Gasteiger partial charge in [-0.05, 0) is 70.4 Å². The second kappa shape index (κ2) is 9.64. The van der Waals surface area contributed by atoms with E-state index in [-0.39, 0.29) is 22.8 Å². The molecule has 0 spiro atoms. The number of methoxy groups -OCH3 is 2. The van der Waals surface area contributed by atoms with Crippen LogP contribution in [0.1, 0.15) is 31.0 Å². The minimum absolute atomic E-state index is 0.0223. The molecule has 7 nitrogen and oxygen atoms in total. The number of ketones is 1. The van der Waals surface area contributed by atoms with Gasteiger partial charge in [0, 0.05) is 16.8 Å². The maximum absolute atomic E-state index is 13.9. The van der Waals surface area contributed by atoms with E-state index in [9.17, 15) is 14.7 Å². The van der Waals surface area contributed by atoms with E-state index >= 15 is 0 Å². The first-order valence-corrected chi connectivity index (χ1v) is 13.0. The van der Waals surface area contributed by atoms with Crippen molar-refractivity contribution in [2.24, 2.45) is 4.99 Å². The lowest BCUT2D eigenvalue weighted by molar-refractivity contribution is -0.114. The summed E-state index contributed by atoms with van der Waals surface area (Å²) in [6.45, 7) is 3.29. The number of halogens is 1. The van der Waals surface area contributed by atoms with Gasteiger partial charge in [0.25, 0.3) is 5.56 Å². The number of fused-ring (bicyclic) bond motifs is 2. The minimum atomic E-state index is -0.710. The molecule has 0 radical (unpaired) electrons. The Labute approximate surface area is 224 Å². The van der Waals surface area contributed by atoms with Gasteiger partial charge >= 0.3 is 0 Å². The molecule has 0 aliphatic carbocycles. The minimum Gasteiger partial charge on any atom is -0.503 e. The SMILES string of the molecule is COc1cc(/C=c2/sc3n(c2=O)[C@@H](c2c(OC)ccc4ccccc24)C(C(C)=O)=C(C)N=3)cc(Br)c1O. The summed E-state index contributed by atoms with van der Waals surface area (Å²) in [6, 6.07) is 14.3. The molecule has 188 valence electrons. The number of phenols is 1. The molecule has 5 rings (SSSR count). The number of aromatic hydroxyl groups is 1. The Morgan fingerprint density at radius 3 is 2.57 bits per heavy atom. The van der Waals surface area contributed by atoms with Crippen molar-refractivity contribution >= 4 is 49.9 Å². The normalized spacial score (nSPS) is 15.5. The van der Waals surface area contributed by atoms with Gasteiger partial charge in [-0.2, -0.15) is 0 Å². The maximum Gasteiger partial charge on any atom is 0.271 e. The van der Waals surface area contributed by atoms with Crippen molar-refractivity contribution < 1.29 is 19.4 Å². The molecule has 1 aliphatic rings. The van der Waals surface area contributed by atoms with Crippen LogP contribution in [0.2, 0.25) is 0 Å². The largest absolute Gasteiger partial charge is 0.503 e. The second-order valence-electron chi connectivity index (χ2n) is 8.59. The highest BCUT2D eigenvalue weighted by Gasteiger charge is 2.33. The molecule has 0 fully saturated rings. The molecule has 1 N–H and O–H groups in total. The Bertz CT molecular complexity index is 1800. The quantitative estimate of drug-likeness (QED) is 0.377. The molecule has 37 heavy (non-hydrogen) atoms. The van der Waals surface area contributed by atoms with Gasteiger partial charge in [0.15, 0.2) is 22.1 Å². The fourth-order valence-corrected chi connectivity index (χ4v) is 6.27. The number of aromatic nitrogens is 1. The molecule has 3 aromatic carbocycles. The van der Waals surface area contributed by atoms with Gasteiger partial charge in [-0.1, -0.05) is 41.7 Å². The Balaban J connectivity index is 1.84. The Morgan fingerprint density at radius 2 is 1.86 bits per heavy atom. The molecule has 9 heteroatoms. The van der Waals surface area contributed by atoms with Gasteiger partial charge in [-0.15, -0.1) is 0 Å². The topological polar surface area (TPSA) is 90.1 Å². The predicted octanol–water partition coefficient (Wildman–Crippen LogP) is 4.46. The standard InChI is InChI=1S/C28H23BrN2O5S/c1-14-23(15(2)32)25(24-18-8-6-5-7-17(18)9-10-20(24)35-3)31-27(34)22(37-28(31)30-14)13-16-11-19(29)26(33)21(12-16)36-4/h5-13,25,33H,1-4H3/b22-13+/t25-/m1/s1. The Kier molecular flexibility index (Phi) is 6.51. The molecule has 1 aliphatic heterocycles. The number of hydrogen-bond donors (Lipinski definition) is 1. The van der Waals surface area contributed by atoms with Crippen molar-refractivity contribution in [1.29, 1.82) is 0 Å². The van der Waals surface area contributed by atoms with Crippen molar-refractivity contribution in [2.75, 3.05) is 14.2 Å². The lowest BCUT2D eigenvalue weighted by Gasteiger charge is -2.27. The van der Waals surface area contributed by atoms with Crippen LogP contribution in [0.25, 0.3) is 16.8 Å². The summed E-state index contributed by atoms with van der Waals surface area (Å²) in [5.74, 6) is 0.675. The van der Waals surface area contributed by atoms with Crippen molar-refractivity contribution in [3.8, 4) is 17.2 Å². The number of allylic oxidation sites excluding steroid dienone is 2. The van der Waals surface area contributed by atoms with Gasteiger partial charge < -0.3 is 14.6 Å². The van der Waals surface area contributed by atoms with Gasteiger partial charge in [-0.25, -0.2) is 4.99 Å². The average molecular weight is 579 g/mol. The van der Waals surface area contributed by atoms with Crippen LogP contribution in [-0.2, 0) is 4.79 Å². The highest BCUT2D eigenvalue weighted by Crippen LogP contribution is 2.40. The zero-order chi connectivity index (χ0) is 26.4. The molecule has 0 saturated carbocycles. The van der Waals surface area contributed by atoms with E-state index in [0.29, 0.717) is 36.4 Å². The maximum atomic E-state index is 13.9. The van der Waals surface area contributed by atoms with Crippen molar-refractivity contribution in [3.05, 3.63) is 95.1 Å². The van der Waals surface area contributed by atoms with Crippen LogP contribution >= 0.6 is 27.3 Å². The third kappa shape index (κ3) is 4.18. The summed E-state index contributed by atoms with van der Waals surface area (Å²) in [4.78, 5) is 32.0. The van der Waals surface area contributed by atoms with E-state index in [2.05, 4.69) is 20.9 Å². The molecule has 0 unspecified atom stereocenters. The van der Waals surface area contributed by atoms with E-state index in [0.717, 1.165) is 16.3 Å². The van der Waals surface area contributed by atoms with E-state index in [1.807, 2.05) is 36.4 Å². The predicted molar refractivity (Wildman–Crippen MR) is 147 cm³/mol. The van der Waals surface area contributed by atoms with Crippen LogP contribution in [0.5, 0.6) is 17.2 Å². The lowest BCUT2D eigenvalue weighted by atomic mass is 9.89. The fraction of sp³-hybridized carbons (Fsp3) is 0.179. The highest BCUT2D eigenvalue weighted by atomic mass is 79.9. The Morgan fingerprint density at radius 1 is 1.14 bits per heavy atom. The summed E-state index contributed by atoms with van der Waals surface area (Å²) in [5, 5.41) is 12.0. The number of carbonyl (C=O) groups excluding carboxylic acids is 1.